The third-order valence-corrected chi connectivity index (χ3v) is 4.77. The Morgan fingerprint density at radius 3 is 3.00 bits per heavy atom. The highest BCUT2D eigenvalue weighted by atomic mass is 32.2. The maximum atomic E-state index is 11.3. The van der Waals surface area contributed by atoms with Gasteiger partial charge in [0.25, 0.3) is 0 Å². The Bertz CT molecular complexity index is 450. The Labute approximate surface area is 98.5 Å². The van der Waals surface area contributed by atoms with Crippen molar-refractivity contribution in [2.75, 3.05) is 17.0 Å². The Hall–Kier alpha value is -0.730. The fourth-order valence-corrected chi connectivity index (χ4v) is 3.22. The maximum absolute atomic E-state index is 11.3. The van der Waals surface area contributed by atoms with Gasteiger partial charge in [0, 0.05) is 0 Å². The van der Waals surface area contributed by atoms with Gasteiger partial charge in [-0.3, -0.25) is 4.72 Å². The molecule has 0 aromatic carbocycles. The zero-order valence-corrected chi connectivity index (χ0v) is 10.6. The summed E-state index contributed by atoms with van der Waals surface area (Å²) >= 11 is 1.30. The van der Waals surface area contributed by atoms with Crippen LogP contribution in [-0.4, -0.2) is 30.9 Å². The highest BCUT2D eigenvalue weighted by molar-refractivity contribution is 7.92. The topological polar surface area (TPSA) is 84.0 Å². The van der Waals surface area contributed by atoms with E-state index in [0.717, 1.165) is 24.4 Å². The molecule has 1 aliphatic rings. The lowest BCUT2D eigenvalue weighted by Gasteiger charge is -2.03. The maximum Gasteiger partial charge on any atom is 0.234 e. The number of hydrogen-bond donors (Lipinski definition) is 2. The van der Waals surface area contributed by atoms with Gasteiger partial charge < -0.3 is 5.32 Å². The second-order valence-corrected chi connectivity index (χ2v) is 6.62. The minimum absolute atomic E-state index is 0.0452. The fourth-order valence-electron chi connectivity index (χ4n) is 1.52. The Balaban J connectivity index is 2.07. The highest BCUT2D eigenvalue weighted by Gasteiger charge is 2.21. The molecule has 1 fully saturated rings. The molecule has 0 saturated carbocycles. The third-order valence-electron chi connectivity index (χ3n) is 2.42. The molecule has 2 heterocycles. The van der Waals surface area contributed by atoms with Gasteiger partial charge in [0.15, 0.2) is 0 Å². The molecule has 1 aromatic heterocycles. The molecule has 2 N–H and O–H groups in total. The van der Waals surface area contributed by atoms with Crippen LogP contribution in [0.1, 0.15) is 30.8 Å². The Morgan fingerprint density at radius 2 is 2.38 bits per heavy atom. The van der Waals surface area contributed by atoms with Crippen molar-refractivity contribution >= 4 is 26.5 Å². The van der Waals surface area contributed by atoms with Gasteiger partial charge >= 0.3 is 0 Å². The molecule has 0 bridgehead atoms. The number of aromatic nitrogens is 2. The molecular formula is C8H14N4O2S2. The standard InChI is InChI=1S/C8H14N4O2S2/c1-2-16(13,14)12-8-11-10-7(15-8)6-4-3-5-9-6/h6,9H,2-5H2,1H3,(H,11,12). The minimum Gasteiger partial charge on any atom is -0.308 e. The molecule has 2 rings (SSSR count). The first kappa shape index (κ1) is 11.7. The van der Waals surface area contributed by atoms with E-state index in [1.165, 1.54) is 11.3 Å². The van der Waals surface area contributed by atoms with Crippen molar-refractivity contribution in [2.24, 2.45) is 0 Å². The van der Waals surface area contributed by atoms with E-state index in [0.29, 0.717) is 5.13 Å². The highest BCUT2D eigenvalue weighted by Crippen LogP contribution is 2.27. The first-order chi connectivity index (χ1) is 7.61. The SMILES string of the molecule is CCS(=O)(=O)Nc1nnc(C2CCCN2)s1. The van der Waals surface area contributed by atoms with Crippen LogP contribution in [0.25, 0.3) is 0 Å². The predicted molar refractivity (Wildman–Crippen MR) is 63.0 cm³/mol. The minimum atomic E-state index is -3.25. The summed E-state index contributed by atoms with van der Waals surface area (Å²) in [5, 5.41) is 12.3. The average molecular weight is 262 g/mol. The van der Waals surface area contributed by atoms with Gasteiger partial charge in [0.05, 0.1) is 11.8 Å². The third kappa shape index (κ3) is 2.69. The van der Waals surface area contributed by atoms with E-state index in [-0.39, 0.29) is 11.8 Å². The summed E-state index contributed by atoms with van der Waals surface area (Å²) in [4.78, 5) is 0. The lowest BCUT2D eigenvalue weighted by atomic mass is 10.2. The predicted octanol–water partition coefficient (Wildman–Crippen LogP) is 0.724. The molecule has 0 aliphatic carbocycles. The molecule has 90 valence electrons. The number of hydrogen-bond acceptors (Lipinski definition) is 6. The number of anilines is 1. The van der Waals surface area contributed by atoms with Gasteiger partial charge in [0.1, 0.15) is 5.01 Å². The fraction of sp³-hybridized carbons (Fsp3) is 0.750. The van der Waals surface area contributed by atoms with Crippen LogP contribution in [0, 0.1) is 0 Å². The molecule has 1 atom stereocenters. The normalized spacial score (nSPS) is 21.2. The van der Waals surface area contributed by atoms with Crippen LogP contribution in [-0.2, 0) is 10.0 Å². The van der Waals surface area contributed by atoms with E-state index in [4.69, 9.17) is 0 Å². The summed E-state index contributed by atoms with van der Waals surface area (Å²) in [6.45, 7) is 2.57. The number of sulfonamides is 1. The quantitative estimate of drug-likeness (QED) is 0.835. The van der Waals surface area contributed by atoms with E-state index >= 15 is 0 Å². The average Bonchev–Trinajstić information content (AvgIpc) is 2.86. The van der Waals surface area contributed by atoms with Crippen molar-refractivity contribution in [3.63, 3.8) is 0 Å². The first-order valence-electron chi connectivity index (χ1n) is 5.18. The van der Waals surface area contributed by atoms with Gasteiger partial charge in [-0.1, -0.05) is 11.3 Å². The molecule has 0 radical (unpaired) electrons. The van der Waals surface area contributed by atoms with Gasteiger partial charge in [-0.15, -0.1) is 10.2 Å². The van der Waals surface area contributed by atoms with Crippen LogP contribution in [0.5, 0.6) is 0 Å². The van der Waals surface area contributed by atoms with Gasteiger partial charge in [-0.25, -0.2) is 8.42 Å². The second kappa shape index (κ2) is 4.64. The smallest absolute Gasteiger partial charge is 0.234 e. The summed E-state index contributed by atoms with van der Waals surface area (Å²) < 4.78 is 25.0. The van der Waals surface area contributed by atoms with Crippen LogP contribution in [0.2, 0.25) is 0 Å². The number of rotatable bonds is 4. The number of nitrogens with zero attached hydrogens (tertiary/aromatic N) is 2. The lowest BCUT2D eigenvalue weighted by molar-refractivity contribution is 0.602. The van der Waals surface area contributed by atoms with Crippen molar-refractivity contribution in [2.45, 2.75) is 25.8 Å². The molecule has 0 amide bonds. The molecule has 1 unspecified atom stereocenters. The van der Waals surface area contributed by atoms with Crippen molar-refractivity contribution in [3.8, 4) is 0 Å². The van der Waals surface area contributed by atoms with Crippen molar-refractivity contribution in [3.05, 3.63) is 5.01 Å². The summed E-state index contributed by atoms with van der Waals surface area (Å²) in [5.74, 6) is 0.0452. The monoisotopic (exact) mass is 262 g/mol. The summed E-state index contributed by atoms with van der Waals surface area (Å²) in [6, 6.07) is 0.234. The molecule has 8 heteroatoms. The number of nitrogens with one attached hydrogen (secondary N) is 2. The summed E-state index contributed by atoms with van der Waals surface area (Å²) in [7, 11) is -3.25. The largest absolute Gasteiger partial charge is 0.308 e. The van der Waals surface area contributed by atoms with Crippen LogP contribution in [0.15, 0.2) is 0 Å². The molecule has 0 spiro atoms. The molecule has 16 heavy (non-hydrogen) atoms. The van der Waals surface area contributed by atoms with E-state index in [9.17, 15) is 8.42 Å². The van der Waals surface area contributed by atoms with E-state index < -0.39 is 10.0 Å². The molecular weight excluding hydrogens is 248 g/mol. The zero-order valence-electron chi connectivity index (χ0n) is 8.93. The van der Waals surface area contributed by atoms with Crippen LogP contribution in [0.3, 0.4) is 0 Å². The van der Waals surface area contributed by atoms with Crippen molar-refractivity contribution < 1.29 is 8.42 Å². The van der Waals surface area contributed by atoms with Crippen molar-refractivity contribution in [1.82, 2.24) is 15.5 Å². The molecule has 6 nitrogen and oxygen atoms in total. The Kier molecular flexibility index (Phi) is 3.41. The first-order valence-corrected chi connectivity index (χ1v) is 7.65. The summed E-state index contributed by atoms with van der Waals surface area (Å²) in [5.41, 5.74) is 0. The van der Waals surface area contributed by atoms with E-state index in [1.54, 1.807) is 6.92 Å². The van der Waals surface area contributed by atoms with E-state index in [2.05, 4.69) is 20.2 Å². The van der Waals surface area contributed by atoms with Crippen LogP contribution >= 0.6 is 11.3 Å². The van der Waals surface area contributed by atoms with Gasteiger partial charge in [-0.2, -0.15) is 0 Å². The molecule has 1 saturated heterocycles. The summed E-state index contributed by atoms with van der Waals surface area (Å²) in [6.07, 6.45) is 2.16. The molecule has 1 aromatic rings. The Morgan fingerprint density at radius 1 is 1.56 bits per heavy atom. The van der Waals surface area contributed by atoms with E-state index in [1.807, 2.05) is 0 Å². The van der Waals surface area contributed by atoms with Crippen LogP contribution < -0.4 is 10.0 Å². The molecule has 1 aliphatic heterocycles. The van der Waals surface area contributed by atoms with Gasteiger partial charge in [0.2, 0.25) is 15.2 Å². The van der Waals surface area contributed by atoms with Crippen molar-refractivity contribution in [1.29, 1.82) is 0 Å². The van der Waals surface area contributed by atoms with Gasteiger partial charge in [-0.05, 0) is 26.3 Å². The second-order valence-electron chi connectivity index (χ2n) is 3.60. The lowest BCUT2D eigenvalue weighted by Crippen LogP contribution is -2.14. The zero-order chi connectivity index (χ0) is 11.6. The van der Waals surface area contributed by atoms with Crippen LogP contribution in [0.4, 0.5) is 5.13 Å².